The van der Waals surface area contributed by atoms with E-state index in [0.29, 0.717) is 27.7 Å². The van der Waals surface area contributed by atoms with Crippen molar-refractivity contribution in [2.24, 2.45) is 0 Å². The second kappa shape index (κ2) is 13.2. The molecule has 1 atom stereocenters. The van der Waals surface area contributed by atoms with Gasteiger partial charge in [-0.1, -0.05) is 48.3 Å². The lowest BCUT2D eigenvalue weighted by atomic mass is 10.0. The van der Waals surface area contributed by atoms with Crippen LogP contribution in [0.15, 0.2) is 36.4 Å². The van der Waals surface area contributed by atoms with Crippen molar-refractivity contribution in [1.29, 1.82) is 0 Å². The van der Waals surface area contributed by atoms with E-state index in [2.05, 4.69) is 5.32 Å². The van der Waals surface area contributed by atoms with Crippen LogP contribution in [-0.4, -0.2) is 49.5 Å². The molecule has 2 aromatic rings. The van der Waals surface area contributed by atoms with Crippen LogP contribution in [0, 0.1) is 13.8 Å². The van der Waals surface area contributed by atoms with Gasteiger partial charge >= 0.3 is 0 Å². The molecule has 0 aliphatic carbocycles. The largest absolute Gasteiger partial charge is 0.350 e. The first-order valence-corrected chi connectivity index (χ1v) is 15.2. The Morgan fingerprint density at radius 3 is 2.18 bits per heavy atom. The predicted molar refractivity (Wildman–Crippen MR) is 156 cm³/mol. The molecule has 38 heavy (non-hydrogen) atoms. The molecule has 0 saturated carbocycles. The number of sulfonamides is 1. The molecule has 1 unspecified atom stereocenters. The minimum atomic E-state index is -3.58. The van der Waals surface area contributed by atoms with Gasteiger partial charge in [-0.2, -0.15) is 0 Å². The molecular weight excluding hydrogens is 545 g/mol. The Morgan fingerprint density at radius 2 is 1.66 bits per heavy atom. The average Bonchev–Trinajstić information content (AvgIpc) is 2.78. The van der Waals surface area contributed by atoms with Gasteiger partial charge in [0.25, 0.3) is 0 Å². The van der Waals surface area contributed by atoms with Crippen LogP contribution in [0.1, 0.15) is 63.6 Å². The number of rotatable bonds is 11. The minimum Gasteiger partial charge on any atom is -0.350 e. The number of carbonyl (C=O) groups excluding carboxylic acids is 2. The highest BCUT2D eigenvalue weighted by molar-refractivity contribution is 7.92. The van der Waals surface area contributed by atoms with Crippen molar-refractivity contribution >= 4 is 50.7 Å². The van der Waals surface area contributed by atoms with Gasteiger partial charge in [0.2, 0.25) is 21.8 Å². The highest BCUT2D eigenvalue weighted by atomic mass is 35.5. The van der Waals surface area contributed by atoms with Gasteiger partial charge in [0.05, 0.1) is 11.9 Å². The minimum absolute atomic E-state index is 0.0399. The fourth-order valence-electron chi connectivity index (χ4n) is 4.20. The first-order valence-electron chi connectivity index (χ1n) is 12.6. The first-order chi connectivity index (χ1) is 17.5. The Bertz CT molecular complexity index is 1240. The Balaban J connectivity index is 2.33. The van der Waals surface area contributed by atoms with E-state index >= 15 is 0 Å². The standard InChI is InChI=1S/C28H39Cl2N3O4S/c1-8-24(27(35)31-28(4,5)6)32(18-21-22(29)11-9-12-23(21)30)26(34)13-10-16-33(38(7,36)37)25-17-19(2)14-15-20(25)3/h9,11-12,14-15,17,24H,8,10,13,16,18H2,1-7H3,(H,31,35). The van der Waals surface area contributed by atoms with Crippen LogP contribution in [0.5, 0.6) is 0 Å². The summed E-state index contributed by atoms with van der Waals surface area (Å²) in [5.74, 6) is -0.559. The summed E-state index contributed by atoms with van der Waals surface area (Å²) in [5.41, 5.74) is 2.43. The number of nitrogens with zero attached hydrogens (tertiary/aromatic N) is 2. The van der Waals surface area contributed by atoms with E-state index in [9.17, 15) is 18.0 Å². The molecule has 0 aromatic heterocycles. The number of amides is 2. The van der Waals surface area contributed by atoms with E-state index in [1.807, 2.05) is 59.7 Å². The zero-order chi connectivity index (χ0) is 28.8. The molecular formula is C28H39Cl2N3O4S. The van der Waals surface area contributed by atoms with E-state index in [4.69, 9.17) is 23.2 Å². The molecule has 0 bridgehead atoms. The summed E-state index contributed by atoms with van der Waals surface area (Å²) >= 11 is 12.8. The van der Waals surface area contributed by atoms with E-state index in [-0.39, 0.29) is 37.7 Å². The third-order valence-corrected chi connectivity index (χ3v) is 7.95. The van der Waals surface area contributed by atoms with Gasteiger partial charge in [0.15, 0.2) is 0 Å². The van der Waals surface area contributed by atoms with Gasteiger partial charge in [-0.15, -0.1) is 0 Å². The van der Waals surface area contributed by atoms with E-state index < -0.39 is 21.6 Å². The summed E-state index contributed by atoms with van der Waals surface area (Å²) in [4.78, 5) is 28.3. The van der Waals surface area contributed by atoms with Gasteiger partial charge in [0, 0.05) is 40.7 Å². The molecule has 2 rings (SSSR count). The molecule has 1 N–H and O–H groups in total. The van der Waals surface area contributed by atoms with Crippen LogP contribution in [0.3, 0.4) is 0 Å². The fourth-order valence-corrected chi connectivity index (χ4v) is 5.73. The third-order valence-electron chi connectivity index (χ3n) is 6.06. The van der Waals surface area contributed by atoms with Crippen LogP contribution < -0.4 is 9.62 Å². The highest BCUT2D eigenvalue weighted by Crippen LogP contribution is 2.28. The zero-order valence-corrected chi connectivity index (χ0v) is 25.6. The lowest BCUT2D eigenvalue weighted by Gasteiger charge is -2.33. The second-order valence-corrected chi connectivity index (χ2v) is 13.3. The molecule has 7 nitrogen and oxygen atoms in total. The number of hydrogen-bond donors (Lipinski definition) is 1. The van der Waals surface area contributed by atoms with Gasteiger partial charge in [0.1, 0.15) is 6.04 Å². The van der Waals surface area contributed by atoms with E-state index in [0.717, 1.165) is 17.4 Å². The number of carbonyl (C=O) groups is 2. The summed E-state index contributed by atoms with van der Waals surface area (Å²) in [6.45, 7) is 11.4. The SMILES string of the molecule is CCC(C(=O)NC(C)(C)C)N(Cc1c(Cl)cccc1Cl)C(=O)CCCN(c1cc(C)ccc1C)S(C)(=O)=O. The number of benzene rings is 2. The highest BCUT2D eigenvalue weighted by Gasteiger charge is 2.31. The first kappa shape index (κ1) is 31.9. The Hall–Kier alpha value is -2.29. The topological polar surface area (TPSA) is 86.8 Å². The molecule has 10 heteroatoms. The van der Waals surface area contributed by atoms with Crippen LogP contribution in [0.25, 0.3) is 0 Å². The van der Waals surface area contributed by atoms with Crippen LogP contribution in [-0.2, 0) is 26.2 Å². The molecule has 0 saturated heterocycles. The van der Waals surface area contributed by atoms with Gasteiger partial charge in [-0.25, -0.2) is 8.42 Å². The Morgan fingerprint density at radius 1 is 1.05 bits per heavy atom. The number of hydrogen-bond acceptors (Lipinski definition) is 4. The van der Waals surface area contributed by atoms with Gasteiger partial charge in [-0.3, -0.25) is 13.9 Å². The zero-order valence-electron chi connectivity index (χ0n) is 23.3. The number of halogens is 2. The maximum atomic E-state index is 13.6. The summed E-state index contributed by atoms with van der Waals surface area (Å²) in [7, 11) is -3.58. The Labute approximate surface area is 237 Å². The van der Waals surface area contributed by atoms with Crippen LogP contribution >= 0.6 is 23.2 Å². The number of aryl methyl sites for hydroxylation is 2. The lowest BCUT2D eigenvalue weighted by molar-refractivity contribution is -0.142. The van der Waals surface area contributed by atoms with Crippen molar-refractivity contribution in [3.8, 4) is 0 Å². The molecule has 0 aliphatic heterocycles. The van der Waals surface area contributed by atoms with Gasteiger partial charge < -0.3 is 10.2 Å². The normalized spacial score (nSPS) is 12.7. The van der Waals surface area contributed by atoms with Crippen LogP contribution in [0.4, 0.5) is 5.69 Å². The molecule has 210 valence electrons. The fraction of sp³-hybridized carbons (Fsp3) is 0.500. The molecule has 0 aliphatic rings. The molecule has 2 aromatic carbocycles. The van der Waals surface area contributed by atoms with E-state index in [1.165, 1.54) is 9.21 Å². The van der Waals surface area contributed by atoms with Crippen molar-refractivity contribution < 1.29 is 18.0 Å². The number of nitrogens with one attached hydrogen (secondary N) is 1. The predicted octanol–water partition coefficient (Wildman–Crippen LogP) is 5.88. The molecule has 2 amide bonds. The quantitative estimate of drug-likeness (QED) is 0.358. The van der Waals surface area contributed by atoms with Gasteiger partial charge in [-0.05, 0) is 76.8 Å². The van der Waals surface area contributed by atoms with Crippen molar-refractivity contribution in [1.82, 2.24) is 10.2 Å². The Kier molecular flexibility index (Phi) is 11.1. The summed E-state index contributed by atoms with van der Waals surface area (Å²) in [6.07, 6.45) is 1.85. The summed E-state index contributed by atoms with van der Waals surface area (Å²) in [5, 5.41) is 3.77. The maximum Gasteiger partial charge on any atom is 0.243 e. The van der Waals surface area contributed by atoms with E-state index in [1.54, 1.807) is 18.2 Å². The third kappa shape index (κ3) is 8.89. The van der Waals surface area contributed by atoms with Crippen LogP contribution in [0.2, 0.25) is 10.0 Å². The van der Waals surface area contributed by atoms with Crippen molar-refractivity contribution in [2.75, 3.05) is 17.1 Å². The van der Waals surface area contributed by atoms with Crippen molar-refractivity contribution in [3.05, 3.63) is 63.1 Å². The lowest BCUT2D eigenvalue weighted by Crippen LogP contribution is -2.53. The maximum absolute atomic E-state index is 13.6. The summed E-state index contributed by atoms with van der Waals surface area (Å²) in [6, 6.07) is 9.98. The van der Waals surface area contributed by atoms with Crippen molar-refractivity contribution in [3.63, 3.8) is 0 Å². The van der Waals surface area contributed by atoms with Crippen molar-refractivity contribution in [2.45, 2.75) is 78.9 Å². The number of anilines is 1. The monoisotopic (exact) mass is 583 g/mol. The molecule has 0 radical (unpaired) electrons. The average molecular weight is 585 g/mol. The smallest absolute Gasteiger partial charge is 0.243 e. The molecule has 0 spiro atoms. The molecule has 0 heterocycles. The second-order valence-electron chi connectivity index (χ2n) is 10.6. The summed E-state index contributed by atoms with van der Waals surface area (Å²) < 4.78 is 26.6. The molecule has 0 fully saturated rings.